The first-order chi connectivity index (χ1) is 12.6. The monoisotopic (exact) mass is 350 g/mol. The highest BCUT2D eigenvalue weighted by atomic mass is 16.6. The topological polar surface area (TPSA) is 111 Å². The fraction of sp³-hybridized carbons (Fsp3) is 0.158. The number of aromatic nitrogens is 1. The van der Waals surface area contributed by atoms with E-state index in [0.717, 1.165) is 5.56 Å². The van der Waals surface area contributed by atoms with Crippen LogP contribution in [0.1, 0.15) is 22.3 Å². The standard InChI is InChI=1S/C19H18N4O3/c20-19(24)14-8-2-1-6-13(14)7-5-11-21-18-15-9-3-4-10-16(15)22-12-17(18)23(25)26/h1-4,6,8-10,12H,5,7,11H2,(H2,20,24)(H,21,22). The van der Waals surface area contributed by atoms with Crippen molar-refractivity contribution in [1.29, 1.82) is 0 Å². The summed E-state index contributed by atoms with van der Waals surface area (Å²) in [5.74, 6) is -0.454. The number of pyridine rings is 1. The highest BCUT2D eigenvalue weighted by molar-refractivity contribution is 5.95. The smallest absolute Gasteiger partial charge is 0.311 e. The van der Waals surface area contributed by atoms with Crippen LogP contribution in [-0.2, 0) is 6.42 Å². The Balaban J connectivity index is 1.75. The SMILES string of the molecule is NC(=O)c1ccccc1CCCNc1c([N+](=O)[O-])cnc2ccccc12. The molecule has 1 aromatic heterocycles. The minimum Gasteiger partial charge on any atom is -0.379 e. The molecule has 0 spiro atoms. The predicted octanol–water partition coefficient (Wildman–Crippen LogP) is 3.29. The zero-order valence-corrected chi connectivity index (χ0v) is 14.0. The molecule has 3 N–H and O–H groups in total. The van der Waals surface area contributed by atoms with E-state index in [1.165, 1.54) is 6.20 Å². The lowest BCUT2D eigenvalue weighted by atomic mass is 10.0. The molecular formula is C19H18N4O3. The summed E-state index contributed by atoms with van der Waals surface area (Å²) in [6, 6.07) is 14.5. The van der Waals surface area contributed by atoms with Gasteiger partial charge in [-0.3, -0.25) is 14.9 Å². The van der Waals surface area contributed by atoms with E-state index in [4.69, 9.17) is 5.73 Å². The van der Waals surface area contributed by atoms with Gasteiger partial charge in [-0.15, -0.1) is 0 Å². The molecule has 26 heavy (non-hydrogen) atoms. The molecule has 1 amide bonds. The molecule has 3 aromatic rings. The number of amides is 1. The normalized spacial score (nSPS) is 10.6. The van der Waals surface area contributed by atoms with E-state index in [0.29, 0.717) is 41.5 Å². The number of nitrogens with one attached hydrogen (secondary N) is 1. The van der Waals surface area contributed by atoms with Gasteiger partial charge < -0.3 is 11.1 Å². The van der Waals surface area contributed by atoms with Crippen molar-refractivity contribution in [2.75, 3.05) is 11.9 Å². The average molecular weight is 350 g/mol. The fourth-order valence-corrected chi connectivity index (χ4v) is 2.93. The van der Waals surface area contributed by atoms with E-state index in [1.54, 1.807) is 18.2 Å². The molecule has 0 saturated carbocycles. The van der Waals surface area contributed by atoms with Gasteiger partial charge in [-0.2, -0.15) is 0 Å². The van der Waals surface area contributed by atoms with Crippen molar-refractivity contribution in [3.8, 4) is 0 Å². The summed E-state index contributed by atoms with van der Waals surface area (Å²) in [6.07, 6.45) is 2.61. The second kappa shape index (κ2) is 7.60. The van der Waals surface area contributed by atoms with Crippen LogP contribution in [0.4, 0.5) is 11.4 Å². The average Bonchev–Trinajstić information content (AvgIpc) is 2.65. The van der Waals surface area contributed by atoms with Crippen LogP contribution >= 0.6 is 0 Å². The molecule has 2 aromatic carbocycles. The molecule has 0 aliphatic rings. The number of carbonyl (C=O) groups is 1. The van der Waals surface area contributed by atoms with E-state index < -0.39 is 10.8 Å². The number of carbonyl (C=O) groups excluding carboxylic acids is 1. The van der Waals surface area contributed by atoms with Crippen molar-refractivity contribution in [3.63, 3.8) is 0 Å². The number of fused-ring (bicyclic) bond motifs is 1. The number of anilines is 1. The maximum absolute atomic E-state index is 11.5. The summed E-state index contributed by atoms with van der Waals surface area (Å²) in [5.41, 5.74) is 7.87. The van der Waals surface area contributed by atoms with Gasteiger partial charge in [0.1, 0.15) is 11.9 Å². The first-order valence-electron chi connectivity index (χ1n) is 8.21. The van der Waals surface area contributed by atoms with E-state index in [-0.39, 0.29) is 5.69 Å². The van der Waals surface area contributed by atoms with Gasteiger partial charge in [-0.25, -0.2) is 4.98 Å². The minimum atomic E-state index is -0.454. The Morgan fingerprint density at radius 3 is 2.65 bits per heavy atom. The molecule has 7 nitrogen and oxygen atoms in total. The zero-order chi connectivity index (χ0) is 18.5. The Hall–Kier alpha value is -3.48. The number of nitro groups is 1. The molecule has 0 atom stereocenters. The molecule has 0 aliphatic carbocycles. The number of rotatable bonds is 7. The first-order valence-corrected chi connectivity index (χ1v) is 8.21. The highest BCUT2D eigenvalue weighted by Crippen LogP contribution is 2.31. The van der Waals surface area contributed by atoms with E-state index in [9.17, 15) is 14.9 Å². The first kappa shape index (κ1) is 17.3. The van der Waals surface area contributed by atoms with Crippen LogP contribution in [0.3, 0.4) is 0 Å². The van der Waals surface area contributed by atoms with Crippen molar-refractivity contribution in [2.24, 2.45) is 5.73 Å². The maximum Gasteiger partial charge on any atom is 0.311 e. The summed E-state index contributed by atoms with van der Waals surface area (Å²) < 4.78 is 0. The molecule has 132 valence electrons. The zero-order valence-electron chi connectivity index (χ0n) is 14.0. The fourth-order valence-electron chi connectivity index (χ4n) is 2.93. The number of benzene rings is 2. The van der Waals surface area contributed by atoms with Crippen LogP contribution in [0.15, 0.2) is 54.7 Å². The molecule has 3 rings (SSSR count). The molecular weight excluding hydrogens is 332 g/mol. The van der Waals surface area contributed by atoms with Gasteiger partial charge in [0.05, 0.1) is 10.4 Å². The van der Waals surface area contributed by atoms with Crippen molar-refractivity contribution in [3.05, 3.63) is 76.0 Å². The van der Waals surface area contributed by atoms with Crippen molar-refractivity contribution >= 4 is 28.2 Å². The summed E-state index contributed by atoms with van der Waals surface area (Å²) in [6.45, 7) is 0.516. The highest BCUT2D eigenvalue weighted by Gasteiger charge is 2.17. The number of hydrogen-bond donors (Lipinski definition) is 2. The molecule has 7 heteroatoms. The molecule has 0 fully saturated rings. The lowest BCUT2D eigenvalue weighted by Gasteiger charge is -2.11. The number of nitrogens with two attached hydrogens (primary N) is 1. The van der Waals surface area contributed by atoms with Gasteiger partial charge in [0.15, 0.2) is 0 Å². The Bertz CT molecular complexity index is 972. The lowest BCUT2D eigenvalue weighted by Crippen LogP contribution is -2.14. The van der Waals surface area contributed by atoms with E-state index in [1.807, 2.05) is 30.3 Å². The Morgan fingerprint density at radius 2 is 1.88 bits per heavy atom. The van der Waals surface area contributed by atoms with Crippen LogP contribution in [0.25, 0.3) is 10.9 Å². The summed E-state index contributed by atoms with van der Waals surface area (Å²) in [4.78, 5) is 26.5. The van der Waals surface area contributed by atoms with Gasteiger partial charge in [0.2, 0.25) is 5.91 Å². The van der Waals surface area contributed by atoms with Gasteiger partial charge in [0, 0.05) is 17.5 Å². The summed E-state index contributed by atoms with van der Waals surface area (Å²) in [5, 5.41) is 15.2. The maximum atomic E-state index is 11.5. The number of primary amides is 1. The number of para-hydroxylation sites is 1. The largest absolute Gasteiger partial charge is 0.379 e. The Kier molecular flexibility index (Phi) is 5.07. The van der Waals surface area contributed by atoms with Crippen molar-refractivity contribution in [2.45, 2.75) is 12.8 Å². The van der Waals surface area contributed by atoms with E-state index >= 15 is 0 Å². The molecule has 0 bridgehead atoms. The van der Waals surface area contributed by atoms with Crippen LogP contribution in [0, 0.1) is 10.1 Å². The lowest BCUT2D eigenvalue weighted by molar-refractivity contribution is -0.384. The summed E-state index contributed by atoms with van der Waals surface area (Å²) >= 11 is 0. The molecule has 1 heterocycles. The quantitative estimate of drug-likeness (QED) is 0.386. The molecule has 0 unspecified atom stereocenters. The van der Waals surface area contributed by atoms with Gasteiger partial charge >= 0.3 is 5.69 Å². The third-order valence-corrected chi connectivity index (χ3v) is 4.16. The Morgan fingerprint density at radius 1 is 1.15 bits per heavy atom. The third-order valence-electron chi connectivity index (χ3n) is 4.16. The summed E-state index contributed by atoms with van der Waals surface area (Å²) in [7, 11) is 0. The second-order valence-electron chi connectivity index (χ2n) is 5.84. The van der Waals surface area contributed by atoms with Crippen LogP contribution < -0.4 is 11.1 Å². The molecule has 0 radical (unpaired) electrons. The molecule has 0 saturated heterocycles. The van der Waals surface area contributed by atoms with Crippen LogP contribution in [-0.4, -0.2) is 22.4 Å². The second-order valence-corrected chi connectivity index (χ2v) is 5.84. The van der Waals surface area contributed by atoms with Gasteiger partial charge in [-0.05, 0) is 30.5 Å². The third kappa shape index (κ3) is 3.61. The number of nitrogens with zero attached hydrogens (tertiary/aromatic N) is 2. The van der Waals surface area contributed by atoms with Crippen molar-refractivity contribution in [1.82, 2.24) is 4.98 Å². The predicted molar refractivity (Wildman–Crippen MR) is 100 cm³/mol. The Labute approximate surface area is 150 Å². The number of aryl methyl sites for hydroxylation is 1. The van der Waals surface area contributed by atoms with Gasteiger partial charge in [0.25, 0.3) is 0 Å². The van der Waals surface area contributed by atoms with Gasteiger partial charge in [-0.1, -0.05) is 36.4 Å². The van der Waals surface area contributed by atoms with Crippen LogP contribution in [0.2, 0.25) is 0 Å². The van der Waals surface area contributed by atoms with E-state index in [2.05, 4.69) is 10.3 Å². The number of hydrogen-bond acceptors (Lipinski definition) is 5. The molecule has 0 aliphatic heterocycles. The van der Waals surface area contributed by atoms with Crippen LogP contribution in [0.5, 0.6) is 0 Å². The van der Waals surface area contributed by atoms with Crippen molar-refractivity contribution < 1.29 is 9.72 Å². The minimum absolute atomic E-state index is 0.0544.